The van der Waals surface area contributed by atoms with E-state index in [1.165, 1.54) is 0 Å². The average molecular weight is 606 g/mol. The van der Waals surface area contributed by atoms with Crippen molar-refractivity contribution in [2.75, 3.05) is 13.7 Å². The number of nitrogens with one attached hydrogen (secondary N) is 1. The van der Waals surface area contributed by atoms with E-state index in [0.29, 0.717) is 28.3 Å². The maximum Gasteiger partial charge on any atom is 0.416 e. The van der Waals surface area contributed by atoms with Crippen LogP contribution >= 0.6 is 0 Å². The Labute approximate surface area is 249 Å². The second-order valence-corrected chi connectivity index (χ2v) is 10.2. The number of aromatic nitrogens is 2. The van der Waals surface area contributed by atoms with Gasteiger partial charge in [0.1, 0.15) is 17.3 Å². The first-order chi connectivity index (χ1) is 20.9. The fraction of sp³-hybridized carbons (Fsp3) is 0.182. The normalized spacial score (nSPS) is 12.2. The van der Waals surface area contributed by atoms with Crippen LogP contribution in [0.25, 0.3) is 33.3 Å². The van der Waals surface area contributed by atoms with Crippen molar-refractivity contribution < 1.29 is 37.0 Å². The molecule has 44 heavy (non-hydrogen) atoms. The molecule has 0 saturated carbocycles. The number of aliphatic carboxylic acids is 1. The number of hydrogen-bond donors (Lipinski definition) is 2. The molecule has 1 amide bonds. The molecule has 1 aromatic heterocycles. The number of alkyl halides is 3. The fourth-order valence-corrected chi connectivity index (χ4v) is 4.94. The number of halogens is 4. The molecule has 11 heteroatoms. The predicted molar refractivity (Wildman–Crippen MR) is 157 cm³/mol. The number of carbonyl (C=O) groups is 2. The first-order valence-electron chi connectivity index (χ1n) is 13.6. The van der Waals surface area contributed by atoms with Crippen LogP contribution in [-0.2, 0) is 11.0 Å². The van der Waals surface area contributed by atoms with Crippen molar-refractivity contribution >= 4 is 22.8 Å². The summed E-state index contributed by atoms with van der Waals surface area (Å²) < 4.78 is 62.0. The maximum absolute atomic E-state index is 14.4. The molecule has 1 atom stereocenters. The third-order valence-electron chi connectivity index (χ3n) is 7.28. The molecular formula is C33H27F4N3O4. The molecule has 1 heterocycles. The quantitative estimate of drug-likeness (QED) is 0.171. The number of rotatable bonds is 9. The largest absolute Gasteiger partial charge is 0.497 e. The van der Waals surface area contributed by atoms with E-state index in [4.69, 9.17) is 14.9 Å². The van der Waals surface area contributed by atoms with Gasteiger partial charge in [-0.05, 0) is 78.2 Å². The fourth-order valence-electron chi connectivity index (χ4n) is 4.94. The zero-order chi connectivity index (χ0) is 31.6. The van der Waals surface area contributed by atoms with Gasteiger partial charge >= 0.3 is 12.1 Å². The Hall–Kier alpha value is -5.19. The number of methoxy groups -OCH3 is 1. The van der Waals surface area contributed by atoms with Gasteiger partial charge in [-0.2, -0.15) is 18.3 Å². The number of fused-ring (bicyclic) bond motifs is 1. The average Bonchev–Trinajstić information content (AvgIpc) is 3.39. The van der Waals surface area contributed by atoms with Crippen molar-refractivity contribution in [1.82, 2.24) is 15.1 Å². The minimum Gasteiger partial charge on any atom is -0.497 e. The molecule has 0 unspecified atom stereocenters. The molecule has 0 aliphatic rings. The molecule has 0 aliphatic carbocycles. The third kappa shape index (κ3) is 6.41. The topological polar surface area (TPSA) is 93.5 Å². The molecule has 226 valence electrons. The SMILES string of the molecule is COc1ccc(-c2ccc3c(-c4cc(F)cc(C(F)(F)F)c4)nn([C@@H](C)c4ccc(C(=O)NCCC(=O)O)cc4)c3c2)cc1. The van der Waals surface area contributed by atoms with E-state index in [0.717, 1.165) is 28.8 Å². The summed E-state index contributed by atoms with van der Waals surface area (Å²) in [5.74, 6) is -1.80. The Morgan fingerprint density at radius 2 is 1.61 bits per heavy atom. The standard InChI is InChI=1S/C33H27F4N3O4/c1-19(20-3-5-22(6-4-20)32(43)38-14-13-30(41)42)40-29-17-23(21-7-10-27(44-2)11-8-21)9-12-28(29)31(39-40)24-15-25(33(35,36)37)18-26(34)16-24/h3-12,15-19H,13-14H2,1-2H3,(H,38,43)(H,41,42)/t19-/m0/s1. The summed E-state index contributed by atoms with van der Waals surface area (Å²) in [6, 6.07) is 21.4. The van der Waals surface area contributed by atoms with Crippen molar-refractivity contribution in [2.45, 2.75) is 25.6 Å². The molecule has 0 radical (unpaired) electrons. The second kappa shape index (κ2) is 12.2. The summed E-state index contributed by atoms with van der Waals surface area (Å²) in [6.45, 7) is 1.84. The monoisotopic (exact) mass is 605 g/mol. The Kier molecular flexibility index (Phi) is 8.39. The van der Waals surface area contributed by atoms with Crippen LogP contribution in [0.5, 0.6) is 5.75 Å². The van der Waals surface area contributed by atoms with Crippen LogP contribution in [0.3, 0.4) is 0 Å². The molecule has 7 nitrogen and oxygen atoms in total. The van der Waals surface area contributed by atoms with Crippen LogP contribution in [0.15, 0.2) is 84.9 Å². The van der Waals surface area contributed by atoms with E-state index >= 15 is 0 Å². The Morgan fingerprint density at radius 1 is 0.932 bits per heavy atom. The highest BCUT2D eigenvalue weighted by atomic mass is 19.4. The number of ether oxygens (including phenoxy) is 1. The third-order valence-corrected chi connectivity index (χ3v) is 7.28. The Balaban J connectivity index is 1.58. The lowest BCUT2D eigenvalue weighted by molar-refractivity contribution is -0.138. The van der Waals surface area contributed by atoms with E-state index in [9.17, 15) is 27.2 Å². The second-order valence-electron chi connectivity index (χ2n) is 10.2. The van der Waals surface area contributed by atoms with E-state index in [2.05, 4.69) is 5.32 Å². The van der Waals surface area contributed by atoms with Gasteiger partial charge < -0.3 is 15.2 Å². The number of amides is 1. The maximum atomic E-state index is 14.4. The zero-order valence-electron chi connectivity index (χ0n) is 23.7. The van der Waals surface area contributed by atoms with Gasteiger partial charge in [-0.25, -0.2) is 4.39 Å². The zero-order valence-corrected chi connectivity index (χ0v) is 23.7. The van der Waals surface area contributed by atoms with Crippen molar-refractivity contribution in [3.05, 3.63) is 107 Å². The smallest absolute Gasteiger partial charge is 0.416 e. The molecule has 5 rings (SSSR count). The van der Waals surface area contributed by atoms with Crippen LogP contribution < -0.4 is 10.1 Å². The number of benzene rings is 4. The Bertz CT molecular complexity index is 1830. The lowest BCUT2D eigenvalue weighted by Gasteiger charge is -2.15. The molecule has 4 aromatic carbocycles. The molecule has 2 N–H and O–H groups in total. The summed E-state index contributed by atoms with van der Waals surface area (Å²) in [5.41, 5.74) is 2.43. The van der Waals surface area contributed by atoms with Crippen LogP contribution in [-0.4, -0.2) is 40.4 Å². The molecule has 0 fully saturated rings. The van der Waals surface area contributed by atoms with E-state index in [1.807, 2.05) is 43.3 Å². The van der Waals surface area contributed by atoms with Gasteiger partial charge in [-0.1, -0.05) is 30.3 Å². The molecule has 0 bridgehead atoms. The van der Waals surface area contributed by atoms with E-state index in [-0.39, 0.29) is 24.2 Å². The first-order valence-corrected chi connectivity index (χ1v) is 13.6. The number of nitrogens with zero attached hydrogens (tertiary/aromatic N) is 2. The Morgan fingerprint density at radius 3 is 2.25 bits per heavy atom. The molecule has 0 spiro atoms. The highest BCUT2D eigenvalue weighted by molar-refractivity contribution is 5.96. The van der Waals surface area contributed by atoms with Gasteiger partial charge in [0, 0.05) is 23.1 Å². The lowest BCUT2D eigenvalue weighted by atomic mass is 10.0. The highest BCUT2D eigenvalue weighted by Crippen LogP contribution is 2.38. The van der Waals surface area contributed by atoms with Gasteiger partial charge in [0.2, 0.25) is 0 Å². The van der Waals surface area contributed by atoms with Crippen molar-refractivity contribution in [3.8, 4) is 28.1 Å². The first kappa shape index (κ1) is 30.3. The van der Waals surface area contributed by atoms with Crippen molar-refractivity contribution in [2.24, 2.45) is 0 Å². The van der Waals surface area contributed by atoms with Gasteiger partial charge in [0.25, 0.3) is 5.91 Å². The van der Waals surface area contributed by atoms with Crippen LogP contribution in [0.1, 0.15) is 40.9 Å². The summed E-state index contributed by atoms with van der Waals surface area (Å²) in [5, 5.41) is 16.6. The number of carboxylic acids is 1. The van der Waals surface area contributed by atoms with Crippen LogP contribution in [0.2, 0.25) is 0 Å². The minimum atomic E-state index is -4.74. The number of carbonyl (C=O) groups excluding carboxylic acids is 1. The van der Waals surface area contributed by atoms with Gasteiger partial charge in [-0.15, -0.1) is 0 Å². The van der Waals surface area contributed by atoms with Crippen LogP contribution in [0, 0.1) is 5.82 Å². The molecule has 0 aliphatic heterocycles. The van der Waals surface area contributed by atoms with E-state index < -0.39 is 35.5 Å². The number of hydrogen-bond acceptors (Lipinski definition) is 4. The van der Waals surface area contributed by atoms with Crippen molar-refractivity contribution in [3.63, 3.8) is 0 Å². The minimum absolute atomic E-state index is 0.0129. The van der Waals surface area contributed by atoms with Gasteiger partial charge in [0.05, 0.1) is 30.7 Å². The van der Waals surface area contributed by atoms with Crippen molar-refractivity contribution in [1.29, 1.82) is 0 Å². The summed E-state index contributed by atoms with van der Waals surface area (Å²) in [4.78, 5) is 23.1. The van der Waals surface area contributed by atoms with Gasteiger partial charge in [0.15, 0.2) is 0 Å². The number of carboxylic acid groups (broad SMARTS) is 1. The molecular weight excluding hydrogens is 578 g/mol. The molecule has 5 aromatic rings. The summed E-state index contributed by atoms with van der Waals surface area (Å²) in [7, 11) is 1.57. The molecule has 0 saturated heterocycles. The van der Waals surface area contributed by atoms with Crippen LogP contribution in [0.4, 0.5) is 17.6 Å². The van der Waals surface area contributed by atoms with E-state index in [1.54, 1.807) is 42.1 Å². The van der Waals surface area contributed by atoms with Gasteiger partial charge in [-0.3, -0.25) is 14.3 Å². The summed E-state index contributed by atoms with van der Waals surface area (Å²) >= 11 is 0. The predicted octanol–water partition coefficient (Wildman–Crippen LogP) is 7.35. The highest BCUT2D eigenvalue weighted by Gasteiger charge is 2.32. The summed E-state index contributed by atoms with van der Waals surface area (Å²) in [6.07, 6.45) is -4.95. The lowest BCUT2D eigenvalue weighted by Crippen LogP contribution is -2.26.